The SMILES string of the molecule is C[C@@]1(C(=O)O)CCCN1C(=O)Cn1cnc2ccccc21. The molecule has 6 heteroatoms. The standard InChI is InChI=1S/C15H17N3O3/c1-15(14(20)21)7-4-8-18(15)13(19)9-17-10-16-11-5-2-3-6-12(11)17/h2-3,5-6,10H,4,7-9H2,1H3,(H,20,21)/t15-/m0/s1. The van der Waals surface area contributed by atoms with Crippen molar-refractivity contribution in [3.05, 3.63) is 30.6 Å². The van der Waals surface area contributed by atoms with Gasteiger partial charge in [0.05, 0.1) is 17.4 Å². The lowest BCUT2D eigenvalue weighted by Crippen LogP contribution is -2.51. The van der Waals surface area contributed by atoms with Gasteiger partial charge in [-0.1, -0.05) is 12.1 Å². The molecule has 0 unspecified atom stereocenters. The Morgan fingerprint density at radius 3 is 2.90 bits per heavy atom. The number of aliphatic carboxylic acids is 1. The average Bonchev–Trinajstić information content (AvgIpc) is 3.04. The minimum absolute atomic E-state index is 0.114. The number of benzene rings is 1. The number of para-hydroxylation sites is 2. The van der Waals surface area contributed by atoms with Crippen molar-refractivity contribution < 1.29 is 14.7 Å². The maximum absolute atomic E-state index is 12.5. The van der Waals surface area contributed by atoms with Crippen molar-refractivity contribution in [1.82, 2.24) is 14.5 Å². The van der Waals surface area contributed by atoms with Gasteiger partial charge < -0.3 is 14.6 Å². The highest BCUT2D eigenvalue weighted by molar-refractivity contribution is 5.88. The second kappa shape index (κ2) is 4.87. The number of aromatic nitrogens is 2. The third kappa shape index (κ3) is 2.16. The number of likely N-dealkylation sites (tertiary alicyclic amines) is 1. The number of hydrogen-bond donors (Lipinski definition) is 1. The van der Waals surface area contributed by atoms with Gasteiger partial charge in [0.15, 0.2) is 0 Å². The third-order valence-corrected chi connectivity index (χ3v) is 4.24. The summed E-state index contributed by atoms with van der Waals surface area (Å²) in [6, 6.07) is 7.56. The fourth-order valence-corrected chi connectivity index (χ4v) is 2.95. The van der Waals surface area contributed by atoms with E-state index in [0.717, 1.165) is 17.5 Å². The smallest absolute Gasteiger partial charge is 0.329 e. The monoisotopic (exact) mass is 287 g/mol. The predicted octanol–water partition coefficient (Wildman–Crippen LogP) is 1.50. The summed E-state index contributed by atoms with van der Waals surface area (Å²) in [6.07, 6.45) is 2.84. The van der Waals surface area contributed by atoms with E-state index >= 15 is 0 Å². The minimum atomic E-state index is -1.09. The van der Waals surface area contributed by atoms with Gasteiger partial charge in [0.2, 0.25) is 5.91 Å². The van der Waals surface area contributed by atoms with Crippen molar-refractivity contribution in [3.63, 3.8) is 0 Å². The van der Waals surface area contributed by atoms with Crippen molar-refractivity contribution in [2.75, 3.05) is 6.54 Å². The quantitative estimate of drug-likeness (QED) is 0.928. The third-order valence-electron chi connectivity index (χ3n) is 4.24. The van der Waals surface area contributed by atoms with Gasteiger partial charge in [0.25, 0.3) is 0 Å². The molecule has 1 aliphatic heterocycles. The summed E-state index contributed by atoms with van der Waals surface area (Å²) in [5.41, 5.74) is 0.614. The molecule has 0 saturated carbocycles. The Labute approximate surface area is 122 Å². The Kier molecular flexibility index (Phi) is 3.16. The van der Waals surface area contributed by atoms with Crippen LogP contribution >= 0.6 is 0 Å². The van der Waals surface area contributed by atoms with Crippen LogP contribution in [0.1, 0.15) is 19.8 Å². The van der Waals surface area contributed by atoms with E-state index in [9.17, 15) is 14.7 Å². The van der Waals surface area contributed by atoms with Crippen LogP contribution in [0.25, 0.3) is 11.0 Å². The normalized spacial score (nSPS) is 21.9. The van der Waals surface area contributed by atoms with Crippen molar-refractivity contribution in [1.29, 1.82) is 0 Å². The molecule has 1 N–H and O–H groups in total. The molecule has 21 heavy (non-hydrogen) atoms. The van der Waals surface area contributed by atoms with Crippen LogP contribution in [0.2, 0.25) is 0 Å². The van der Waals surface area contributed by atoms with Crippen molar-refractivity contribution >= 4 is 22.9 Å². The molecular formula is C15H17N3O3. The second-order valence-electron chi connectivity index (χ2n) is 5.59. The van der Waals surface area contributed by atoms with E-state index in [4.69, 9.17) is 0 Å². The first-order valence-corrected chi connectivity index (χ1v) is 6.96. The molecule has 1 saturated heterocycles. The number of carbonyl (C=O) groups excluding carboxylic acids is 1. The molecule has 1 aliphatic rings. The van der Waals surface area contributed by atoms with Gasteiger partial charge in [-0.2, -0.15) is 0 Å². The Hall–Kier alpha value is -2.37. The maximum Gasteiger partial charge on any atom is 0.329 e. The molecule has 0 radical (unpaired) electrons. The fraction of sp³-hybridized carbons (Fsp3) is 0.400. The zero-order chi connectivity index (χ0) is 15.0. The maximum atomic E-state index is 12.5. The molecule has 1 aromatic carbocycles. The fourth-order valence-electron chi connectivity index (χ4n) is 2.95. The lowest BCUT2D eigenvalue weighted by atomic mass is 9.99. The molecule has 1 atom stereocenters. The Balaban J connectivity index is 1.85. The van der Waals surface area contributed by atoms with Crippen LogP contribution < -0.4 is 0 Å². The molecule has 0 bridgehead atoms. The van der Waals surface area contributed by atoms with Gasteiger partial charge in [-0.3, -0.25) is 4.79 Å². The lowest BCUT2D eigenvalue weighted by Gasteiger charge is -2.31. The van der Waals surface area contributed by atoms with Crippen molar-refractivity contribution in [2.24, 2.45) is 0 Å². The Morgan fingerprint density at radius 1 is 1.38 bits per heavy atom. The van der Waals surface area contributed by atoms with Gasteiger partial charge in [-0.15, -0.1) is 0 Å². The number of carboxylic acid groups (broad SMARTS) is 1. The predicted molar refractivity (Wildman–Crippen MR) is 76.7 cm³/mol. The molecule has 0 spiro atoms. The van der Waals surface area contributed by atoms with Crippen molar-refractivity contribution in [3.8, 4) is 0 Å². The van der Waals surface area contributed by atoms with Crippen LogP contribution in [0.15, 0.2) is 30.6 Å². The van der Waals surface area contributed by atoms with E-state index in [2.05, 4.69) is 4.98 Å². The lowest BCUT2D eigenvalue weighted by molar-refractivity contribution is -0.155. The minimum Gasteiger partial charge on any atom is -0.480 e. The van der Waals surface area contributed by atoms with Crippen LogP contribution in [0, 0.1) is 0 Å². The van der Waals surface area contributed by atoms with E-state index in [1.807, 2.05) is 24.3 Å². The number of nitrogens with zero attached hydrogens (tertiary/aromatic N) is 3. The van der Waals surface area contributed by atoms with Gasteiger partial charge in [-0.25, -0.2) is 9.78 Å². The van der Waals surface area contributed by atoms with Crippen molar-refractivity contribution in [2.45, 2.75) is 31.8 Å². The molecule has 2 aromatic rings. The molecule has 6 nitrogen and oxygen atoms in total. The van der Waals surface area contributed by atoms with Gasteiger partial charge in [0.1, 0.15) is 12.1 Å². The number of amides is 1. The molecular weight excluding hydrogens is 270 g/mol. The Morgan fingerprint density at radius 2 is 2.14 bits per heavy atom. The highest BCUT2D eigenvalue weighted by Gasteiger charge is 2.45. The van der Waals surface area contributed by atoms with E-state index < -0.39 is 11.5 Å². The number of imidazole rings is 1. The second-order valence-corrected chi connectivity index (χ2v) is 5.59. The zero-order valence-corrected chi connectivity index (χ0v) is 11.8. The first-order chi connectivity index (χ1) is 10.0. The molecule has 1 aromatic heterocycles. The number of hydrogen-bond acceptors (Lipinski definition) is 3. The summed E-state index contributed by atoms with van der Waals surface area (Å²) >= 11 is 0. The molecule has 110 valence electrons. The van der Waals surface area contributed by atoms with E-state index in [-0.39, 0.29) is 12.5 Å². The molecule has 1 fully saturated rings. The number of rotatable bonds is 3. The molecule has 3 rings (SSSR count). The first kappa shape index (κ1) is 13.6. The number of carboxylic acids is 1. The van der Waals surface area contributed by atoms with Crippen LogP contribution in [-0.4, -0.2) is 43.5 Å². The summed E-state index contributed by atoms with van der Waals surface area (Å²) in [5.74, 6) is -1.12. The molecule has 2 heterocycles. The summed E-state index contributed by atoms with van der Waals surface area (Å²) in [6.45, 7) is 2.23. The highest BCUT2D eigenvalue weighted by atomic mass is 16.4. The van der Waals surface area contributed by atoms with Crippen LogP contribution in [0.3, 0.4) is 0 Å². The van der Waals surface area contributed by atoms with E-state index in [1.165, 1.54) is 4.90 Å². The van der Waals surface area contributed by atoms with E-state index in [0.29, 0.717) is 13.0 Å². The largest absolute Gasteiger partial charge is 0.480 e. The number of fused-ring (bicyclic) bond motifs is 1. The molecule has 0 aliphatic carbocycles. The van der Waals surface area contributed by atoms with Gasteiger partial charge in [-0.05, 0) is 31.9 Å². The summed E-state index contributed by atoms with van der Waals surface area (Å²) < 4.78 is 1.76. The first-order valence-electron chi connectivity index (χ1n) is 6.96. The average molecular weight is 287 g/mol. The molecule has 1 amide bonds. The number of carbonyl (C=O) groups is 2. The summed E-state index contributed by atoms with van der Waals surface area (Å²) in [7, 11) is 0. The topological polar surface area (TPSA) is 75.4 Å². The highest BCUT2D eigenvalue weighted by Crippen LogP contribution is 2.29. The van der Waals surface area contributed by atoms with Crippen LogP contribution in [-0.2, 0) is 16.1 Å². The van der Waals surface area contributed by atoms with Crippen LogP contribution in [0.5, 0.6) is 0 Å². The zero-order valence-electron chi connectivity index (χ0n) is 11.8. The summed E-state index contributed by atoms with van der Waals surface area (Å²) in [5, 5.41) is 9.38. The van der Waals surface area contributed by atoms with Gasteiger partial charge in [0, 0.05) is 6.54 Å². The van der Waals surface area contributed by atoms with Gasteiger partial charge >= 0.3 is 5.97 Å². The Bertz CT molecular complexity index is 709. The van der Waals surface area contributed by atoms with Crippen LogP contribution in [0.4, 0.5) is 0 Å². The summed E-state index contributed by atoms with van der Waals surface area (Å²) in [4.78, 5) is 29.7. The van der Waals surface area contributed by atoms with E-state index in [1.54, 1.807) is 17.8 Å².